The maximum Gasteiger partial charge on any atom is 1.00 e. The molecule has 0 bridgehead atoms. The number of esters is 1. The summed E-state index contributed by atoms with van der Waals surface area (Å²) in [5.41, 5.74) is -0.266. The number of rotatable bonds is 4. The number of nitrogens with zero attached hydrogens (tertiary/aromatic N) is 1. The summed E-state index contributed by atoms with van der Waals surface area (Å²) in [6.07, 6.45) is -0.864. The number of aliphatic carboxylic acids is 1. The second-order valence-electron chi connectivity index (χ2n) is 4.32. The largest absolute Gasteiger partial charge is 1.00 e. The van der Waals surface area contributed by atoms with Gasteiger partial charge in [-0.25, -0.2) is 0 Å². The Bertz CT molecular complexity index is 491. The molecule has 0 aliphatic carbocycles. The predicted octanol–water partition coefficient (Wildman–Crippen LogP) is -4.57. The first-order valence-electron chi connectivity index (χ1n) is 5.60. The van der Waals surface area contributed by atoms with Gasteiger partial charge in [0.05, 0.1) is 28.6 Å². The third-order valence-electron chi connectivity index (χ3n) is 2.97. The van der Waals surface area contributed by atoms with Crippen LogP contribution in [0.3, 0.4) is 0 Å². The van der Waals surface area contributed by atoms with Gasteiger partial charge in [-0.3, -0.25) is 14.5 Å². The summed E-state index contributed by atoms with van der Waals surface area (Å²) in [5, 5.41) is 20.1. The molecule has 7 nitrogen and oxygen atoms in total. The number of hydrogen-bond donors (Lipinski definition) is 1. The zero-order valence-electron chi connectivity index (χ0n) is 11.3. The van der Waals surface area contributed by atoms with Crippen LogP contribution in [-0.2, 0) is 19.1 Å². The molecule has 1 saturated heterocycles. The van der Waals surface area contributed by atoms with Crippen LogP contribution in [0, 0.1) is 5.92 Å². The zero-order chi connectivity index (χ0) is 14.3. The van der Waals surface area contributed by atoms with Gasteiger partial charge in [-0.2, -0.15) is 0 Å². The smallest absolute Gasteiger partial charge is 0.543 e. The van der Waals surface area contributed by atoms with Gasteiger partial charge < -0.3 is 19.7 Å². The minimum Gasteiger partial charge on any atom is -0.543 e. The summed E-state index contributed by atoms with van der Waals surface area (Å²) >= 11 is 1.11. The van der Waals surface area contributed by atoms with Crippen LogP contribution >= 0.6 is 11.8 Å². The van der Waals surface area contributed by atoms with E-state index in [1.54, 1.807) is 0 Å². The van der Waals surface area contributed by atoms with Crippen LogP contribution < -0.4 is 34.7 Å². The number of carbonyl (C=O) groups excluding carboxylic acids is 3. The van der Waals surface area contributed by atoms with Crippen molar-refractivity contribution >= 4 is 29.6 Å². The second-order valence-corrected chi connectivity index (χ2v) is 5.53. The molecule has 2 heterocycles. The number of fused-ring (bicyclic) bond motifs is 1. The number of thioether (sulfide) groups is 1. The van der Waals surface area contributed by atoms with Gasteiger partial charge in [-0.1, -0.05) is 11.8 Å². The number of ether oxygens (including phenoxy) is 1. The van der Waals surface area contributed by atoms with E-state index in [0.29, 0.717) is 0 Å². The minimum absolute atomic E-state index is 0. The fourth-order valence-corrected chi connectivity index (χ4v) is 3.63. The Morgan fingerprint density at radius 1 is 1.55 bits per heavy atom. The Morgan fingerprint density at radius 2 is 2.15 bits per heavy atom. The average Bonchev–Trinajstić information content (AvgIpc) is 2.60. The van der Waals surface area contributed by atoms with Crippen LogP contribution in [0.15, 0.2) is 10.6 Å². The number of carboxylic acid groups (broad SMARTS) is 1. The molecule has 2 rings (SSSR count). The molecule has 2 aliphatic rings. The van der Waals surface area contributed by atoms with Crippen molar-refractivity contribution in [2.45, 2.75) is 25.3 Å². The van der Waals surface area contributed by atoms with Crippen molar-refractivity contribution in [1.82, 2.24) is 4.90 Å². The number of aliphatic hydroxyl groups excluding tert-OH is 1. The van der Waals surface area contributed by atoms with Crippen molar-refractivity contribution in [2.24, 2.45) is 5.92 Å². The van der Waals surface area contributed by atoms with Crippen molar-refractivity contribution in [3.05, 3.63) is 10.6 Å². The van der Waals surface area contributed by atoms with Crippen LogP contribution in [0.5, 0.6) is 0 Å². The maximum atomic E-state index is 11.8. The van der Waals surface area contributed by atoms with Gasteiger partial charge in [-0.15, -0.1) is 0 Å². The normalized spacial score (nSPS) is 25.6. The van der Waals surface area contributed by atoms with Crippen molar-refractivity contribution in [2.75, 3.05) is 6.61 Å². The van der Waals surface area contributed by atoms with Crippen molar-refractivity contribution in [3.63, 3.8) is 0 Å². The van der Waals surface area contributed by atoms with E-state index < -0.39 is 35.2 Å². The molecule has 3 atom stereocenters. The van der Waals surface area contributed by atoms with Crippen molar-refractivity contribution in [3.8, 4) is 0 Å². The summed E-state index contributed by atoms with van der Waals surface area (Å²) in [6.45, 7) is 2.47. The molecule has 1 amide bonds. The molecule has 9 heteroatoms. The van der Waals surface area contributed by atoms with Crippen LogP contribution in [0.25, 0.3) is 0 Å². The molecule has 20 heavy (non-hydrogen) atoms. The quantitative estimate of drug-likeness (QED) is 0.316. The van der Waals surface area contributed by atoms with E-state index in [9.17, 15) is 24.6 Å². The Hall–Kier alpha value is -0.540. The second kappa shape index (κ2) is 6.48. The third-order valence-corrected chi connectivity index (χ3v) is 4.31. The zero-order valence-corrected chi connectivity index (χ0v) is 14.1. The number of carbonyl (C=O) groups is 3. The van der Waals surface area contributed by atoms with Crippen LogP contribution in [0.1, 0.15) is 13.8 Å². The van der Waals surface area contributed by atoms with E-state index in [1.165, 1.54) is 13.8 Å². The van der Waals surface area contributed by atoms with E-state index in [0.717, 1.165) is 16.7 Å². The summed E-state index contributed by atoms with van der Waals surface area (Å²) in [6, 6.07) is 0. The fraction of sp³-hybridized carbons (Fsp3) is 0.545. The number of carboxylic acids is 1. The molecule has 0 radical (unpaired) electrons. The van der Waals surface area contributed by atoms with Crippen molar-refractivity contribution in [1.29, 1.82) is 0 Å². The Balaban J connectivity index is 0.00000200. The molecule has 0 aromatic heterocycles. The van der Waals surface area contributed by atoms with Gasteiger partial charge >= 0.3 is 35.5 Å². The SMILES string of the molecule is CC(=O)OCC1=C(C(=O)[O-])N2C(=O)[C@H](C(C)O)[C@H]2S1.[Na+]. The Labute approximate surface area is 141 Å². The molecular formula is C11H12NNaO6S. The molecule has 1 unspecified atom stereocenters. The van der Waals surface area contributed by atoms with E-state index in [-0.39, 0.29) is 46.8 Å². The average molecular weight is 309 g/mol. The van der Waals surface area contributed by atoms with Crippen LogP contribution in [-0.4, -0.2) is 45.9 Å². The summed E-state index contributed by atoms with van der Waals surface area (Å²) in [5.74, 6) is -3.13. The topological polar surface area (TPSA) is 107 Å². The van der Waals surface area contributed by atoms with Crippen LogP contribution in [0.4, 0.5) is 0 Å². The molecule has 2 aliphatic heterocycles. The standard InChI is InChI=1S/C11H13NO6S.Na/c1-4(13)7-9(15)12-8(11(16)17)6(19-10(7)12)3-18-5(2)14;/h4,7,10,13H,3H2,1-2H3,(H,16,17);/q;+1/p-1/t4?,7-,10+;/m0./s1. The number of β-lactam (4-membered cyclic amide) rings is 1. The van der Waals surface area contributed by atoms with Gasteiger partial charge in [0.2, 0.25) is 5.91 Å². The monoisotopic (exact) mass is 309 g/mol. The van der Waals surface area contributed by atoms with Gasteiger partial charge in [-0.05, 0) is 6.92 Å². The first kappa shape index (κ1) is 17.5. The molecule has 0 aromatic rings. The summed E-state index contributed by atoms with van der Waals surface area (Å²) < 4.78 is 4.75. The van der Waals surface area contributed by atoms with Crippen LogP contribution in [0.2, 0.25) is 0 Å². The summed E-state index contributed by atoms with van der Waals surface area (Å²) in [7, 11) is 0. The molecular weight excluding hydrogens is 297 g/mol. The molecule has 0 saturated carbocycles. The summed E-state index contributed by atoms with van der Waals surface area (Å²) in [4.78, 5) is 35.0. The first-order chi connectivity index (χ1) is 8.84. The van der Waals surface area contributed by atoms with E-state index >= 15 is 0 Å². The number of hydrogen-bond acceptors (Lipinski definition) is 7. The molecule has 1 N–H and O–H groups in total. The van der Waals surface area contributed by atoms with E-state index in [4.69, 9.17) is 4.74 Å². The number of aliphatic hydroxyl groups is 1. The van der Waals surface area contributed by atoms with E-state index in [1.807, 2.05) is 0 Å². The van der Waals surface area contributed by atoms with Gasteiger partial charge in [0.15, 0.2) is 0 Å². The molecule has 0 aromatic carbocycles. The molecule has 0 spiro atoms. The van der Waals surface area contributed by atoms with Gasteiger partial charge in [0.25, 0.3) is 0 Å². The maximum absolute atomic E-state index is 11.8. The molecule has 1 fully saturated rings. The Morgan fingerprint density at radius 3 is 2.60 bits per heavy atom. The van der Waals surface area contributed by atoms with Gasteiger partial charge in [0, 0.05) is 6.92 Å². The fourth-order valence-electron chi connectivity index (χ4n) is 2.11. The predicted molar refractivity (Wildman–Crippen MR) is 62.1 cm³/mol. The minimum atomic E-state index is -1.49. The Kier molecular flexibility index (Phi) is 5.68. The third kappa shape index (κ3) is 2.89. The van der Waals surface area contributed by atoms with Crippen molar-refractivity contribution < 1.29 is 58.9 Å². The first-order valence-corrected chi connectivity index (χ1v) is 6.48. The number of amides is 1. The molecule has 104 valence electrons. The van der Waals surface area contributed by atoms with Gasteiger partial charge in [0.1, 0.15) is 12.0 Å². The van der Waals surface area contributed by atoms with E-state index in [2.05, 4.69) is 0 Å².